The summed E-state index contributed by atoms with van der Waals surface area (Å²) in [5.41, 5.74) is 6.52. The van der Waals surface area contributed by atoms with Crippen molar-refractivity contribution in [2.24, 2.45) is 11.7 Å². The van der Waals surface area contributed by atoms with Gasteiger partial charge in [-0.1, -0.05) is 29.8 Å². The second-order valence-electron chi connectivity index (χ2n) is 6.34. The highest BCUT2D eigenvalue weighted by molar-refractivity contribution is 7.90. The first-order valence-corrected chi connectivity index (χ1v) is 9.40. The van der Waals surface area contributed by atoms with Crippen LogP contribution in [0.2, 0.25) is 0 Å². The second kappa shape index (κ2) is 6.53. The van der Waals surface area contributed by atoms with Gasteiger partial charge in [-0.2, -0.15) is 0 Å². The van der Waals surface area contributed by atoms with E-state index in [2.05, 4.69) is 0 Å². The number of carbonyl (C=O) groups is 2. The summed E-state index contributed by atoms with van der Waals surface area (Å²) < 4.78 is 40.2. The van der Waals surface area contributed by atoms with Gasteiger partial charge in [0.15, 0.2) is 0 Å². The molecule has 0 heterocycles. The Morgan fingerprint density at radius 3 is 2.58 bits per heavy atom. The first kappa shape index (κ1) is 18.1. The molecule has 136 valence electrons. The van der Waals surface area contributed by atoms with E-state index < -0.39 is 44.0 Å². The van der Waals surface area contributed by atoms with Crippen molar-refractivity contribution in [2.45, 2.75) is 24.2 Å². The van der Waals surface area contributed by atoms with Gasteiger partial charge < -0.3 is 5.73 Å². The number of nitrogens with one attached hydrogen (secondary N) is 1. The highest BCUT2D eigenvalue weighted by Gasteiger charge is 2.45. The quantitative estimate of drug-likeness (QED) is 0.830. The topological polar surface area (TPSA) is 106 Å². The van der Waals surface area contributed by atoms with Gasteiger partial charge in [-0.3, -0.25) is 9.59 Å². The number of aryl methyl sites for hydroxylation is 1. The Morgan fingerprint density at radius 2 is 1.92 bits per heavy atom. The highest BCUT2D eigenvalue weighted by atomic mass is 32.2. The molecule has 2 aromatic rings. The van der Waals surface area contributed by atoms with Crippen molar-refractivity contribution in [3.8, 4) is 0 Å². The smallest absolute Gasteiger partial charge is 0.264 e. The van der Waals surface area contributed by atoms with Crippen LogP contribution in [0.5, 0.6) is 0 Å². The minimum atomic E-state index is -4.23. The molecule has 0 saturated heterocycles. The second-order valence-corrected chi connectivity index (χ2v) is 8.02. The van der Waals surface area contributed by atoms with Gasteiger partial charge in [0.25, 0.3) is 15.9 Å². The van der Waals surface area contributed by atoms with Gasteiger partial charge in [0.05, 0.1) is 10.5 Å². The predicted molar refractivity (Wildman–Crippen MR) is 92.3 cm³/mol. The number of halogens is 1. The number of primary amides is 1. The van der Waals surface area contributed by atoms with E-state index in [1.807, 2.05) is 35.9 Å². The van der Waals surface area contributed by atoms with Gasteiger partial charge in [-0.15, -0.1) is 0 Å². The fourth-order valence-electron chi connectivity index (χ4n) is 2.88. The molecule has 1 fully saturated rings. The number of carbonyl (C=O) groups excluding carboxylic acids is 2. The Hall–Kier alpha value is -2.74. The molecule has 6 nitrogen and oxygen atoms in total. The zero-order chi connectivity index (χ0) is 19.1. The van der Waals surface area contributed by atoms with Crippen LogP contribution in [0, 0.1) is 18.7 Å². The fraction of sp³-hybridized carbons (Fsp3) is 0.222. The first-order chi connectivity index (χ1) is 12.2. The summed E-state index contributed by atoms with van der Waals surface area (Å²) >= 11 is 0. The fourth-order valence-corrected chi connectivity index (χ4v) is 3.94. The van der Waals surface area contributed by atoms with Gasteiger partial charge >= 0.3 is 0 Å². The maximum Gasteiger partial charge on any atom is 0.264 e. The van der Waals surface area contributed by atoms with Crippen molar-refractivity contribution in [3.05, 3.63) is 65.0 Å². The molecule has 0 spiro atoms. The molecule has 0 radical (unpaired) electrons. The number of benzene rings is 2. The minimum absolute atomic E-state index is 0.0282. The molecule has 0 aliphatic heterocycles. The third-order valence-corrected chi connectivity index (χ3v) is 5.69. The lowest BCUT2D eigenvalue weighted by molar-refractivity contribution is -0.120. The lowest BCUT2D eigenvalue weighted by Crippen LogP contribution is -2.32. The number of nitrogens with two attached hydrogens (primary N) is 1. The van der Waals surface area contributed by atoms with Crippen LogP contribution >= 0.6 is 0 Å². The maximum absolute atomic E-state index is 13.5. The summed E-state index contributed by atoms with van der Waals surface area (Å²) in [6.07, 6.45) is 0.556. The van der Waals surface area contributed by atoms with Crippen molar-refractivity contribution >= 4 is 21.8 Å². The highest BCUT2D eigenvalue weighted by Crippen LogP contribution is 2.47. The Morgan fingerprint density at radius 1 is 1.19 bits per heavy atom. The van der Waals surface area contributed by atoms with E-state index in [0.717, 1.165) is 29.3 Å². The Bertz CT molecular complexity index is 1000. The van der Waals surface area contributed by atoms with Crippen molar-refractivity contribution < 1.29 is 22.4 Å². The number of sulfonamides is 1. The molecule has 26 heavy (non-hydrogen) atoms. The zero-order valence-electron chi connectivity index (χ0n) is 13.9. The van der Waals surface area contributed by atoms with Crippen LogP contribution in [0.25, 0.3) is 0 Å². The molecule has 3 N–H and O–H groups in total. The molecule has 0 unspecified atom stereocenters. The predicted octanol–water partition coefficient (Wildman–Crippen LogP) is 1.84. The number of amides is 2. The summed E-state index contributed by atoms with van der Waals surface area (Å²) in [4.78, 5) is 23.1. The lowest BCUT2D eigenvalue weighted by Gasteiger charge is -2.08. The van der Waals surface area contributed by atoms with E-state index in [4.69, 9.17) is 5.73 Å². The van der Waals surface area contributed by atoms with E-state index >= 15 is 0 Å². The van der Waals surface area contributed by atoms with E-state index in [-0.39, 0.29) is 5.92 Å². The number of hydrogen-bond acceptors (Lipinski definition) is 4. The minimum Gasteiger partial charge on any atom is -0.366 e. The molecule has 2 amide bonds. The summed E-state index contributed by atoms with van der Waals surface area (Å²) in [7, 11) is -4.23. The molecular formula is C18H17FN2O4S. The Balaban J connectivity index is 1.75. The third-order valence-electron chi connectivity index (χ3n) is 4.35. The third kappa shape index (κ3) is 3.60. The monoisotopic (exact) mass is 376 g/mol. The van der Waals surface area contributed by atoms with E-state index in [9.17, 15) is 22.4 Å². The van der Waals surface area contributed by atoms with Crippen molar-refractivity contribution in [3.63, 3.8) is 0 Å². The van der Waals surface area contributed by atoms with Gasteiger partial charge in [0.2, 0.25) is 5.91 Å². The van der Waals surface area contributed by atoms with E-state index in [0.29, 0.717) is 6.42 Å². The van der Waals surface area contributed by atoms with Crippen LogP contribution in [0.4, 0.5) is 4.39 Å². The lowest BCUT2D eigenvalue weighted by atomic mass is 10.1. The van der Waals surface area contributed by atoms with Crippen LogP contribution in [0.1, 0.15) is 33.8 Å². The SMILES string of the molecule is Cc1cccc([C@H]2C[C@@H]2C(=O)NS(=O)(=O)c2ccc(F)c(C(N)=O)c2)c1. The first-order valence-electron chi connectivity index (χ1n) is 7.91. The largest absolute Gasteiger partial charge is 0.366 e. The average molecular weight is 376 g/mol. The van der Waals surface area contributed by atoms with Crippen molar-refractivity contribution in [2.75, 3.05) is 0 Å². The molecule has 8 heteroatoms. The average Bonchev–Trinajstić information content (AvgIpc) is 3.35. The van der Waals surface area contributed by atoms with Gasteiger partial charge in [-0.05, 0) is 43.0 Å². The molecular weight excluding hydrogens is 359 g/mol. The van der Waals surface area contributed by atoms with Gasteiger partial charge in [0.1, 0.15) is 5.82 Å². The van der Waals surface area contributed by atoms with Gasteiger partial charge in [0, 0.05) is 5.92 Å². The normalized spacial score (nSPS) is 19.0. The standard InChI is InChI=1S/C18H17FN2O4S/c1-10-3-2-4-11(7-10)13-9-14(13)18(23)21-26(24,25)12-5-6-16(19)15(8-12)17(20)22/h2-8,13-14H,9H2,1H3,(H2,20,22)(H,21,23)/t13-,14+/m1/s1. The number of rotatable bonds is 5. The van der Waals surface area contributed by atoms with Gasteiger partial charge in [-0.25, -0.2) is 17.5 Å². The zero-order valence-corrected chi connectivity index (χ0v) is 14.7. The molecule has 1 saturated carbocycles. The van der Waals surface area contributed by atoms with Crippen molar-refractivity contribution in [1.82, 2.24) is 4.72 Å². The molecule has 0 aromatic heterocycles. The molecule has 1 aliphatic carbocycles. The number of hydrogen-bond donors (Lipinski definition) is 2. The van der Waals surface area contributed by atoms with E-state index in [1.165, 1.54) is 0 Å². The summed E-state index contributed by atoms with van der Waals surface area (Å²) in [5.74, 6) is -3.11. The molecule has 1 aliphatic rings. The van der Waals surface area contributed by atoms with Crippen LogP contribution < -0.4 is 10.5 Å². The maximum atomic E-state index is 13.5. The van der Waals surface area contributed by atoms with Crippen LogP contribution in [-0.2, 0) is 14.8 Å². The van der Waals surface area contributed by atoms with Crippen molar-refractivity contribution in [1.29, 1.82) is 0 Å². The molecule has 3 rings (SSSR count). The van der Waals surface area contributed by atoms with Crippen LogP contribution in [0.15, 0.2) is 47.4 Å². The summed E-state index contributed by atoms with van der Waals surface area (Å²) in [6.45, 7) is 1.94. The van der Waals surface area contributed by atoms with E-state index in [1.54, 1.807) is 0 Å². The molecule has 2 atom stereocenters. The summed E-state index contributed by atoms with van der Waals surface area (Å²) in [5, 5.41) is 0. The van der Waals surface area contributed by atoms with Crippen LogP contribution in [0.3, 0.4) is 0 Å². The summed E-state index contributed by atoms with van der Waals surface area (Å²) in [6, 6.07) is 10.3. The molecule has 0 bridgehead atoms. The van der Waals surface area contributed by atoms with Crippen LogP contribution in [-0.4, -0.2) is 20.2 Å². The Labute approximate surface area is 150 Å². The molecule has 2 aromatic carbocycles. The Kier molecular flexibility index (Phi) is 4.53.